The Hall–Kier alpha value is -1.25. The maximum absolute atomic E-state index is 5.78. The molecule has 0 aliphatic heterocycles. The number of nitrogen functional groups attached to an aromatic ring is 1. The maximum atomic E-state index is 5.78. The van der Waals surface area contributed by atoms with Crippen LogP contribution in [0.15, 0.2) is 15.9 Å². The molecule has 2 heterocycles. The lowest BCUT2D eigenvalue weighted by Crippen LogP contribution is -2.25. The zero-order valence-corrected chi connectivity index (χ0v) is 14.9. The third kappa shape index (κ3) is 4.12. The largest absolute Gasteiger partial charge is 0.368 e. The molecule has 114 valence electrons. The Kier molecular flexibility index (Phi) is 5.13. The summed E-state index contributed by atoms with van der Waals surface area (Å²) in [5.74, 6) is 1.52. The van der Waals surface area contributed by atoms with Crippen LogP contribution in [-0.4, -0.2) is 41.0 Å². The second-order valence-corrected chi connectivity index (χ2v) is 7.59. The second-order valence-electron chi connectivity index (χ2n) is 5.04. The van der Waals surface area contributed by atoms with Gasteiger partial charge < -0.3 is 10.6 Å². The van der Waals surface area contributed by atoms with Crippen molar-refractivity contribution < 1.29 is 0 Å². The van der Waals surface area contributed by atoms with E-state index in [0.717, 1.165) is 10.3 Å². The highest BCUT2D eigenvalue weighted by molar-refractivity contribution is 9.11. The van der Waals surface area contributed by atoms with Gasteiger partial charge in [0.25, 0.3) is 0 Å². The molecule has 2 aromatic heterocycles. The summed E-state index contributed by atoms with van der Waals surface area (Å²) in [6.45, 7) is 2.90. The van der Waals surface area contributed by atoms with E-state index in [1.807, 2.05) is 26.0 Å². The van der Waals surface area contributed by atoms with E-state index in [2.05, 4.69) is 54.8 Å². The third-order valence-corrected chi connectivity index (χ3v) is 4.74. The number of hydrogen-bond donors (Lipinski definition) is 1. The van der Waals surface area contributed by atoms with Crippen molar-refractivity contribution in [2.75, 3.05) is 31.8 Å². The van der Waals surface area contributed by atoms with E-state index in [4.69, 9.17) is 5.73 Å². The molecule has 2 N–H and O–H groups in total. The van der Waals surface area contributed by atoms with E-state index in [-0.39, 0.29) is 12.0 Å². The Bertz CT molecular complexity index is 614. The Morgan fingerprint density at radius 1 is 1.24 bits per heavy atom. The maximum Gasteiger partial charge on any atom is 0.229 e. The molecule has 0 aromatic carbocycles. The molecule has 0 aliphatic rings. The lowest BCUT2D eigenvalue weighted by Gasteiger charge is -2.23. The van der Waals surface area contributed by atoms with Crippen LogP contribution in [0, 0.1) is 0 Å². The number of hydrogen-bond acceptors (Lipinski definition) is 7. The van der Waals surface area contributed by atoms with E-state index < -0.39 is 0 Å². The van der Waals surface area contributed by atoms with Crippen molar-refractivity contribution in [2.45, 2.75) is 19.5 Å². The molecular formula is C13H19BrN6S. The second kappa shape index (κ2) is 6.67. The molecule has 2 aromatic rings. The molecule has 1 atom stereocenters. The van der Waals surface area contributed by atoms with Crippen LogP contribution in [0.3, 0.4) is 0 Å². The van der Waals surface area contributed by atoms with E-state index >= 15 is 0 Å². The van der Waals surface area contributed by atoms with Crippen molar-refractivity contribution in [1.29, 1.82) is 0 Å². The van der Waals surface area contributed by atoms with E-state index in [1.165, 1.54) is 4.88 Å². The summed E-state index contributed by atoms with van der Waals surface area (Å²) in [5.41, 5.74) is 5.78. The minimum absolute atomic E-state index is 0.0508. The summed E-state index contributed by atoms with van der Waals surface area (Å²) >= 11 is 5.21. The SMILES string of the molecule is CC(c1nc(N)nc(N(C)C)n1)N(C)Cc1ccc(Br)s1. The lowest BCUT2D eigenvalue weighted by molar-refractivity contribution is 0.246. The quantitative estimate of drug-likeness (QED) is 0.871. The molecule has 0 spiro atoms. The molecular weight excluding hydrogens is 352 g/mol. The number of aromatic nitrogens is 3. The zero-order chi connectivity index (χ0) is 15.6. The van der Waals surface area contributed by atoms with Gasteiger partial charge in [0.2, 0.25) is 11.9 Å². The predicted molar refractivity (Wildman–Crippen MR) is 90.5 cm³/mol. The highest BCUT2D eigenvalue weighted by Gasteiger charge is 2.18. The topological polar surface area (TPSA) is 71.2 Å². The number of nitrogens with two attached hydrogens (primary N) is 1. The van der Waals surface area contributed by atoms with Crippen molar-refractivity contribution in [1.82, 2.24) is 19.9 Å². The fraction of sp³-hybridized carbons (Fsp3) is 0.462. The first kappa shape index (κ1) is 16.1. The van der Waals surface area contributed by atoms with Gasteiger partial charge in [-0.05, 0) is 42.0 Å². The van der Waals surface area contributed by atoms with Gasteiger partial charge in [0, 0.05) is 25.5 Å². The average Bonchev–Trinajstić information content (AvgIpc) is 2.82. The van der Waals surface area contributed by atoms with Crippen molar-refractivity contribution in [3.63, 3.8) is 0 Å². The normalized spacial score (nSPS) is 12.7. The molecule has 0 aliphatic carbocycles. The Labute approximate surface area is 137 Å². The van der Waals surface area contributed by atoms with Gasteiger partial charge in [-0.2, -0.15) is 15.0 Å². The highest BCUT2D eigenvalue weighted by Crippen LogP contribution is 2.26. The molecule has 0 saturated carbocycles. The van der Waals surface area contributed by atoms with Gasteiger partial charge in [-0.3, -0.25) is 4.90 Å². The van der Waals surface area contributed by atoms with Crippen LogP contribution in [0.5, 0.6) is 0 Å². The van der Waals surface area contributed by atoms with Gasteiger partial charge in [-0.15, -0.1) is 11.3 Å². The monoisotopic (exact) mass is 370 g/mol. The smallest absolute Gasteiger partial charge is 0.229 e. The molecule has 1 unspecified atom stereocenters. The van der Waals surface area contributed by atoms with Gasteiger partial charge in [0.1, 0.15) is 0 Å². The van der Waals surface area contributed by atoms with Crippen LogP contribution < -0.4 is 10.6 Å². The van der Waals surface area contributed by atoms with Crippen molar-refractivity contribution in [2.24, 2.45) is 0 Å². The number of anilines is 2. The van der Waals surface area contributed by atoms with Gasteiger partial charge in [0.15, 0.2) is 5.82 Å². The van der Waals surface area contributed by atoms with Gasteiger partial charge in [-0.25, -0.2) is 0 Å². The fourth-order valence-electron chi connectivity index (χ4n) is 1.80. The highest BCUT2D eigenvalue weighted by atomic mass is 79.9. The summed E-state index contributed by atoms with van der Waals surface area (Å²) in [7, 11) is 5.82. The lowest BCUT2D eigenvalue weighted by atomic mass is 10.2. The minimum Gasteiger partial charge on any atom is -0.368 e. The summed E-state index contributed by atoms with van der Waals surface area (Å²) in [4.78, 5) is 18.2. The van der Waals surface area contributed by atoms with Crippen molar-refractivity contribution in [3.8, 4) is 0 Å². The standard InChI is InChI=1S/C13H19BrN6S/c1-8(20(4)7-9-5-6-10(14)21-9)11-16-12(15)18-13(17-11)19(2)3/h5-6,8H,7H2,1-4H3,(H2,15,16,17,18). The first-order chi connectivity index (χ1) is 9.86. The van der Waals surface area contributed by atoms with Crippen LogP contribution >= 0.6 is 27.3 Å². The molecule has 21 heavy (non-hydrogen) atoms. The van der Waals surface area contributed by atoms with Crippen molar-refractivity contribution >= 4 is 39.2 Å². The summed E-state index contributed by atoms with van der Waals surface area (Å²) < 4.78 is 1.14. The van der Waals surface area contributed by atoms with Crippen LogP contribution in [0.4, 0.5) is 11.9 Å². The molecule has 0 bridgehead atoms. The Balaban J connectivity index is 2.16. The molecule has 0 fully saturated rings. The molecule has 0 radical (unpaired) electrons. The summed E-state index contributed by atoms with van der Waals surface area (Å²) in [6.07, 6.45) is 0. The minimum atomic E-state index is 0.0508. The van der Waals surface area contributed by atoms with Gasteiger partial charge >= 0.3 is 0 Å². The number of thiophene rings is 1. The van der Waals surface area contributed by atoms with Crippen molar-refractivity contribution in [3.05, 3.63) is 26.6 Å². The molecule has 8 heteroatoms. The first-order valence-corrected chi connectivity index (χ1v) is 8.11. The Morgan fingerprint density at radius 2 is 1.95 bits per heavy atom. The molecule has 2 rings (SSSR count). The predicted octanol–water partition coefficient (Wildman–Crippen LogP) is 2.54. The number of nitrogens with zero attached hydrogens (tertiary/aromatic N) is 5. The summed E-state index contributed by atoms with van der Waals surface area (Å²) in [6, 6.07) is 4.23. The van der Waals surface area contributed by atoms with Crippen LogP contribution in [0.1, 0.15) is 23.7 Å². The molecule has 6 nitrogen and oxygen atoms in total. The Morgan fingerprint density at radius 3 is 2.52 bits per heavy atom. The zero-order valence-electron chi connectivity index (χ0n) is 12.5. The first-order valence-electron chi connectivity index (χ1n) is 6.50. The molecule has 0 saturated heterocycles. The van der Waals surface area contributed by atoms with E-state index in [9.17, 15) is 0 Å². The molecule has 0 amide bonds. The third-order valence-electron chi connectivity index (χ3n) is 3.13. The van der Waals surface area contributed by atoms with Gasteiger partial charge in [0.05, 0.1) is 9.83 Å². The van der Waals surface area contributed by atoms with E-state index in [1.54, 1.807) is 11.3 Å². The van der Waals surface area contributed by atoms with Crippen LogP contribution in [0.25, 0.3) is 0 Å². The summed E-state index contributed by atoms with van der Waals surface area (Å²) in [5, 5.41) is 0. The number of rotatable bonds is 5. The van der Waals surface area contributed by atoms with Crippen LogP contribution in [-0.2, 0) is 6.54 Å². The average molecular weight is 371 g/mol. The fourth-order valence-corrected chi connectivity index (χ4v) is 3.35. The van der Waals surface area contributed by atoms with Gasteiger partial charge in [-0.1, -0.05) is 0 Å². The van der Waals surface area contributed by atoms with Crippen LogP contribution in [0.2, 0.25) is 0 Å². The van der Waals surface area contributed by atoms with E-state index in [0.29, 0.717) is 11.8 Å². The number of halogens is 1.